The van der Waals surface area contributed by atoms with E-state index in [1.54, 1.807) is 6.20 Å². The van der Waals surface area contributed by atoms with Crippen molar-refractivity contribution in [2.75, 3.05) is 5.32 Å². The number of hydrogen-bond donors (Lipinski definition) is 2. The largest absolute Gasteiger partial charge is 0.342 e. The third-order valence-electron chi connectivity index (χ3n) is 4.20. The van der Waals surface area contributed by atoms with Gasteiger partial charge in [0.05, 0.1) is 10.9 Å². The summed E-state index contributed by atoms with van der Waals surface area (Å²) in [7, 11) is 0. The molecule has 5 nitrogen and oxygen atoms in total. The maximum Gasteiger partial charge on any atom is 0.248 e. The Labute approximate surface area is 143 Å². The molecule has 0 spiro atoms. The number of fused-ring (bicyclic) bond motifs is 1. The van der Waals surface area contributed by atoms with Gasteiger partial charge in [0.1, 0.15) is 5.82 Å². The lowest BCUT2D eigenvalue weighted by Gasteiger charge is -2.19. The minimum Gasteiger partial charge on any atom is -0.342 e. The van der Waals surface area contributed by atoms with Crippen LogP contribution in [0.3, 0.4) is 0 Å². The van der Waals surface area contributed by atoms with Gasteiger partial charge in [0, 0.05) is 29.7 Å². The van der Waals surface area contributed by atoms with E-state index in [1.165, 1.54) is 12.1 Å². The van der Waals surface area contributed by atoms with Gasteiger partial charge in [-0.1, -0.05) is 30.4 Å². The zero-order valence-electron chi connectivity index (χ0n) is 13.5. The van der Waals surface area contributed by atoms with Crippen LogP contribution < -0.4 is 16.3 Å². The monoisotopic (exact) mass is 331 g/mol. The molecule has 2 aromatic heterocycles. The second kappa shape index (κ2) is 6.28. The number of nitrogens with zero attached hydrogens (tertiary/aromatic N) is 1. The fraction of sp³-hybridized carbons (Fsp3) is 0.100. The molecule has 1 aliphatic rings. The maximum absolute atomic E-state index is 12.5. The number of allylic oxidation sites excluding steroid dienone is 3. The first-order chi connectivity index (χ1) is 12.2. The molecular weight excluding hydrogens is 314 g/mol. The van der Waals surface area contributed by atoms with Crippen molar-refractivity contribution < 1.29 is 0 Å². The number of benzene rings is 1. The molecule has 0 aliphatic heterocycles. The van der Waals surface area contributed by atoms with Crippen molar-refractivity contribution in [2.45, 2.75) is 12.8 Å². The zero-order valence-corrected chi connectivity index (χ0v) is 13.5. The Morgan fingerprint density at radius 2 is 1.88 bits per heavy atom. The lowest BCUT2D eigenvalue weighted by molar-refractivity contribution is 1.01. The molecule has 124 valence electrons. The zero-order chi connectivity index (χ0) is 17.2. The van der Waals surface area contributed by atoms with Crippen molar-refractivity contribution in [3.63, 3.8) is 0 Å². The topological polar surface area (TPSA) is 66.9 Å². The second-order valence-electron chi connectivity index (χ2n) is 5.93. The molecule has 0 saturated heterocycles. The van der Waals surface area contributed by atoms with E-state index < -0.39 is 0 Å². The first-order valence-corrected chi connectivity index (χ1v) is 8.20. The molecule has 1 aromatic carbocycles. The molecule has 0 bridgehead atoms. The number of anilines is 1. The van der Waals surface area contributed by atoms with Crippen molar-refractivity contribution >= 4 is 16.7 Å². The molecule has 0 unspecified atom stereocenters. The Morgan fingerprint density at radius 1 is 1.04 bits per heavy atom. The van der Waals surface area contributed by atoms with E-state index in [4.69, 9.17) is 0 Å². The average molecular weight is 331 g/mol. The molecule has 1 aliphatic carbocycles. The first-order valence-electron chi connectivity index (χ1n) is 8.20. The van der Waals surface area contributed by atoms with Gasteiger partial charge in [0.25, 0.3) is 0 Å². The molecule has 0 saturated carbocycles. The molecule has 2 heterocycles. The summed E-state index contributed by atoms with van der Waals surface area (Å²) in [5, 5.41) is 3.74. The fourth-order valence-corrected chi connectivity index (χ4v) is 3.04. The Balaban J connectivity index is 1.99. The van der Waals surface area contributed by atoms with Crippen molar-refractivity contribution in [2.24, 2.45) is 0 Å². The number of pyridine rings is 2. The third kappa shape index (κ3) is 2.92. The average Bonchev–Trinajstić information content (AvgIpc) is 2.64. The van der Waals surface area contributed by atoms with Gasteiger partial charge in [0.2, 0.25) is 5.56 Å². The van der Waals surface area contributed by atoms with Crippen LogP contribution in [0.2, 0.25) is 0 Å². The van der Waals surface area contributed by atoms with E-state index in [0.29, 0.717) is 16.7 Å². The summed E-state index contributed by atoms with van der Waals surface area (Å²) in [6.07, 6.45) is 9.80. The van der Waals surface area contributed by atoms with Crippen LogP contribution in [0.25, 0.3) is 16.6 Å². The fourth-order valence-electron chi connectivity index (χ4n) is 3.04. The number of nitrogens with one attached hydrogen (secondary N) is 2. The molecule has 0 radical (unpaired) electrons. The van der Waals surface area contributed by atoms with Crippen LogP contribution in [0.5, 0.6) is 0 Å². The minimum absolute atomic E-state index is 0.184. The lowest BCUT2D eigenvalue weighted by Crippen LogP contribution is -2.17. The smallest absolute Gasteiger partial charge is 0.248 e. The van der Waals surface area contributed by atoms with Gasteiger partial charge in [-0.2, -0.15) is 0 Å². The number of rotatable bonds is 3. The van der Waals surface area contributed by atoms with Crippen LogP contribution in [0.4, 0.5) is 5.82 Å². The second-order valence-corrected chi connectivity index (χ2v) is 5.93. The standard InChI is InChI=1S/C20H17N3O2/c24-18-12-19(22-14-7-3-1-4-8-14)23(15-9-5-2-6-10-15)17-13-21-20(25)11-16(17)18/h2-3,5-13,22H,1,4H2,(H,21,25). The normalized spacial score (nSPS) is 13.7. The van der Waals surface area contributed by atoms with E-state index in [9.17, 15) is 9.59 Å². The summed E-state index contributed by atoms with van der Waals surface area (Å²) in [5.41, 5.74) is 2.04. The highest BCUT2D eigenvalue weighted by Crippen LogP contribution is 2.23. The molecular formula is C20H17N3O2. The summed E-state index contributed by atoms with van der Waals surface area (Å²) in [6, 6.07) is 12.6. The molecule has 0 atom stereocenters. The van der Waals surface area contributed by atoms with Gasteiger partial charge >= 0.3 is 0 Å². The maximum atomic E-state index is 12.5. The minimum atomic E-state index is -0.289. The Morgan fingerprint density at radius 3 is 2.64 bits per heavy atom. The Bertz CT molecular complexity index is 1110. The van der Waals surface area contributed by atoms with Crippen LogP contribution in [-0.2, 0) is 0 Å². The van der Waals surface area contributed by atoms with Crippen LogP contribution in [0.15, 0.2) is 82.2 Å². The van der Waals surface area contributed by atoms with E-state index >= 15 is 0 Å². The van der Waals surface area contributed by atoms with Gasteiger partial charge < -0.3 is 10.3 Å². The number of aromatic amines is 1. The van der Waals surface area contributed by atoms with Gasteiger partial charge in [-0.25, -0.2) is 0 Å². The quantitative estimate of drug-likeness (QED) is 0.774. The highest BCUT2D eigenvalue weighted by Gasteiger charge is 2.12. The summed E-state index contributed by atoms with van der Waals surface area (Å²) >= 11 is 0. The van der Waals surface area contributed by atoms with Crippen LogP contribution in [0.1, 0.15) is 12.8 Å². The van der Waals surface area contributed by atoms with Gasteiger partial charge in [-0.05, 0) is 31.1 Å². The summed E-state index contributed by atoms with van der Waals surface area (Å²) in [6.45, 7) is 0. The molecule has 5 heteroatoms. The molecule has 25 heavy (non-hydrogen) atoms. The highest BCUT2D eigenvalue weighted by atomic mass is 16.1. The van der Waals surface area contributed by atoms with Gasteiger partial charge in [0.15, 0.2) is 5.43 Å². The van der Waals surface area contributed by atoms with Crippen molar-refractivity contribution in [3.8, 4) is 5.69 Å². The summed E-state index contributed by atoms with van der Waals surface area (Å²) in [5.74, 6) is 0.661. The van der Waals surface area contributed by atoms with E-state index in [1.807, 2.05) is 41.0 Å². The molecule has 0 fully saturated rings. The number of H-pyrrole nitrogens is 1. The lowest BCUT2D eigenvalue weighted by atomic mass is 10.1. The van der Waals surface area contributed by atoms with Crippen molar-refractivity contribution in [1.82, 2.24) is 9.55 Å². The SMILES string of the molecule is O=c1cc2c(=O)cc(NC3=CCCC=C3)n(-c3ccccc3)c2c[nH]1. The number of hydrogen-bond acceptors (Lipinski definition) is 3. The number of para-hydroxylation sites is 1. The van der Waals surface area contributed by atoms with E-state index in [2.05, 4.69) is 22.5 Å². The summed E-state index contributed by atoms with van der Waals surface area (Å²) in [4.78, 5) is 26.9. The molecule has 0 amide bonds. The van der Waals surface area contributed by atoms with Crippen molar-refractivity contribution in [3.05, 3.63) is 93.2 Å². The predicted octanol–water partition coefficient (Wildman–Crippen LogP) is 3.32. The van der Waals surface area contributed by atoms with Gasteiger partial charge in [-0.15, -0.1) is 0 Å². The third-order valence-corrected chi connectivity index (χ3v) is 4.20. The number of aromatic nitrogens is 2. The predicted molar refractivity (Wildman–Crippen MR) is 100 cm³/mol. The highest BCUT2D eigenvalue weighted by molar-refractivity contribution is 5.82. The van der Waals surface area contributed by atoms with Crippen LogP contribution >= 0.6 is 0 Å². The first kappa shape index (κ1) is 15.2. The van der Waals surface area contributed by atoms with E-state index in [-0.39, 0.29) is 11.0 Å². The summed E-state index contributed by atoms with van der Waals surface area (Å²) < 4.78 is 1.94. The molecule has 2 N–H and O–H groups in total. The van der Waals surface area contributed by atoms with Crippen LogP contribution in [-0.4, -0.2) is 9.55 Å². The van der Waals surface area contributed by atoms with Gasteiger partial charge in [-0.3, -0.25) is 14.2 Å². The Kier molecular flexibility index (Phi) is 3.82. The Hall–Kier alpha value is -3.34. The van der Waals surface area contributed by atoms with Crippen molar-refractivity contribution in [1.29, 1.82) is 0 Å². The molecule has 4 rings (SSSR count). The van der Waals surface area contributed by atoms with E-state index in [0.717, 1.165) is 24.2 Å². The van der Waals surface area contributed by atoms with Crippen LogP contribution in [0, 0.1) is 0 Å². The molecule has 3 aromatic rings.